The summed E-state index contributed by atoms with van der Waals surface area (Å²) in [5.74, 6) is 0.876. The molecule has 0 aromatic heterocycles. The van der Waals surface area contributed by atoms with Gasteiger partial charge in [-0.25, -0.2) is 8.42 Å². The van der Waals surface area contributed by atoms with Crippen molar-refractivity contribution in [2.45, 2.75) is 0 Å². The molecular formula is C11H17NO5S. The largest absolute Gasteiger partial charge is 0.497 e. The van der Waals surface area contributed by atoms with Crippen LogP contribution >= 0.6 is 0 Å². The third kappa shape index (κ3) is 4.08. The van der Waals surface area contributed by atoms with Gasteiger partial charge in [0.25, 0.3) is 0 Å². The van der Waals surface area contributed by atoms with Crippen LogP contribution in [0.1, 0.15) is 0 Å². The van der Waals surface area contributed by atoms with Gasteiger partial charge in [0, 0.05) is 13.2 Å². The van der Waals surface area contributed by atoms with E-state index in [9.17, 15) is 8.42 Å². The van der Waals surface area contributed by atoms with Gasteiger partial charge in [0.2, 0.25) is 10.0 Å². The highest BCUT2D eigenvalue weighted by Crippen LogP contribution is 2.29. The Morgan fingerprint density at radius 3 is 2.44 bits per heavy atom. The van der Waals surface area contributed by atoms with Gasteiger partial charge in [0.1, 0.15) is 11.5 Å². The number of anilines is 1. The second kappa shape index (κ2) is 6.46. The van der Waals surface area contributed by atoms with Crippen LogP contribution in [0.3, 0.4) is 0 Å². The standard InChI is InChI=1S/C11H17NO5S/c1-15-6-7-18(13,14)12-10-5-4-9(16-2)8-11(10)17-3/h4-5,8,12H,6-7H2,1-3H3. The zero-order valence-corrected chi connectivity index (χ0v) is 11.4. The van der Waals surface area contributed by atoms with Crippen LogP contribution in [0.15, 0.2) is 18.2 Å². The van der Waals surface area contributed by atoms with Crippen molar-refractivity contribution in [2.24, 2.45) is 0 Å². The molecule has 0 fully saturated rings. The van der Waals surface area contributed by atoms with Gasteiger partial charge in [-0.2, -0.15) is 0 Å². The summed E-state index contributed by atoms with van der Waals surface area (Å²) in [6.07, 6.45) is 0. The van der Waals surface area contributed by atoms with E-state index in [4.69, 9.17) is 14.2 Å². The van der Waals surface area contributed by atoms with Crippen LogP contribution in [0, 0.1) is 0 Å². The molecule has 0 spiro atoms. The lowest BCUT2D eigenvalue weighted by Gasteiger charge is -2.12. The van der Waals surface area contributed by atoms with E-state index < -0.39 is 10.0 Å². The van der Waals surface area contributed by atoms with Crippen LogP contribution in [0.5, 0.6) is 11.5 Å². The van der Waals surface area contributed by atoms with Gasteiger partial charge in [0.15, 0.2) is 0 Å². The van der Waals surface area contributed by atoms with Crippen molar-refractivity contribution < 1.29 is 22.6 Å². The Labute approximate surface area is 107 Å². The Balaban J connectivity index is 2.90. The molecule has 1 rings (SSSR count). The molecule has 6 nitrogen and oxygen atoms in total. The smallest absolute Gasteiger partial charge is 0.235 e. The molecule has 0 aliphatic heterocycles. The van der Waals surface area contributed by atoms with E-state index in [0.29, 0.717) is 17.2 Å². The maximum Gasteiger partial charge on any atom is 0.235 e. The van der Waals surface area contributed by atoms with Crippen molar-refractivity contribution >= 4 is 15.7 Å². The van der Waals surface area contributed by atoms with Crippen molar-refractivity contribution in [3.8, 4) is 11.5 Å². The van der Waals surface area contributed by atoms with E-state index in [0.717, 1.165) is 0 Å². The average Bonchev–Trinajstić information content (AvgIpc) is 2.36. The summed E-state index contributed by atoms with van der Waals surface area (Å²) in [5, 5.41) is 0. The minimum Gasteiger partial charge on any atom is -0.497 e. The molecule has 1 aromatic carbocycles. The van der Waals surface area contributed by atoms with E-state index in [1.54, 1.807) is 18.2 Å². The van der Waals surface area contributed by atoms with Crippen LogP contribution in [-0.2, 0) is 14.8 Å². The molecule has 0 amide bonds. The van der Waals surface area contributed by atoms with E-state index in [2.05, 4.69) is 4.72 Å². The number of ether oxygens (including phenoxy) is 3. The zero-order valence-electron chi connectivity index (χ0n) is 10.6. The fraction of sp³-hybridized carbons (Fsp3) is 0.455. The fourth-order valence-electron chi connectivity index (χ4n) is 1.29. The zero-order chi connectivity index (χ0) is 13.6. The SMILES string of the molecule is COCCS(=O)(=O)Nc1ccc(OC)cc1OC. The van der Waals surface area contributed by atoms with Gasteiger partial charge in [0.05, 0.1) is 32.3 Å². The summed E-state index contributed by atoms with van der Waals surface area (Å²) in [4.78, 5) is 0. The van der Waals surface area contributed by atoms with Gasteiger partial charge >= 0.3 is 0 Å². The topological polar surface area (TPSA) is 73.9 Å². The number of nitrogens with one attached hydrogen (secondary N) is 1. The van der Waals surface area contributed by atoms with Crippen molar-refractivity contribution in [1.82, 2.24) is 0 Å². The molecule has 0 saturated heterocycles. The number of hydrogen-bond acceptors (Lipinski definition) is 5. The first-order valence-corrected chi connectivity index (χ1v) is 6.89. The molecular weight excluding hydrogens is 258 g/mol. The maximum atomic E-state index is 11.7. The maximum absolute atomic E-state index is 11.7. The molecule has 18 heavy (non-hydrogen) atoms. The monoisotopic (exact) mass is 275 g/mol. The Morgan fingerprint density at radius 2 is 1.89 bits per heavy atom. The minimum atomic E-state index is -3.44. The molecule has 0 aliphatic rings. The number of benzene rings is 1. The second-order valence-corrected chi connectivity index (χ2v) is 5.32. The Morgan fingerprint density at radius 1 is 1.17 bits per heavy atom. The van der Waals surface area contributed by atoms with Gasteiger partial charge in [-0.3, -0.25) is 4.72 Å². The van der Waals surface area contributed by atoms with Crippen LogP contribution in [0.4, 0.5) is 5.69 Å². The first-order chi connectivity index (χ1) is 8.52. The van der Waals surface area contributed by atoms with Crippen molar-refractivity contribution in [3.63, 3.8) is 0 Å². The molecule has 7 heteroatoms. The first kappa shape index (κ1) is 14.6. The molecule has 0 atom stereocenters. The Bertz CT molecular complexity index is 486. The van der Waals surface area contributed by atoms with Gasteiger partial charge in [-0.1, -0.05) is 0 Å². The van der Waals surface area contributed by atoms with Crippen LogP contribution in [0.2, 0.25) is 0 Å². The fourth-order valence-corrected chi connectivity index (χ4v) is 2.29. The lowest BCUT2D eigenvalue weighted by atomic mass is 10.3. The molecule has 1 aromatic rings. The van der Waals surface area contributed by atoms with Crippen molar-refractivity contribution in [2.75, 3.05) is 38.4 Å². The van der Waals surface area contributed by atoms with Crippen LogP contribution in [-0.4, -0.2) is 42.1 Å². The van der Waals surface area contributed by atoms with E-state index in [-0.39, 0.29) is 12.4 Å². The minimum absolute atomic E-state index is 0.112. The molecule has 1 N–H and O–H groups in total. The number of sulfonamides is 1. The molecule has 0 aliphatic carbocycles. The quantitative estimate of drug-likeness (QED) is 0.806. The highest BCUT2D eigenvalue weighted by molar-refractivity contribution is 7.92. The van der Waals surface area contributed by atoms with E-state index in [1.165, 1.54) is 21.3 Å². The average molecular weight is 275 g/mol. The summed E-state index contributed by atoms with van der Waals surface area (Å²) in [5.41, 5.74) is 0.370. The van der Waals surface area contributed by atoms with Crippen LogP contribution in [0.25, 0.3) is 0 Å². The highest BCUT2D eigenvalue weighted by atomic mass is 32.2. The normalized spacial score (nSPS) is 11.1. The molecule has 102 valence electrons. The summed E-state index contributed by atoms with van der Waals surface area (Å²) in [6, 6.07) is 4.84. The summed E-state index contributed by atoms with van der Waals surface area (Å²) >= 11 is 0. The Hall–Kier alpha value is -1.47. The lowest BCUT2D eigenvalue weighted by Crippen LogP contribution is -2.20. The van der Waals surface area contributed by atoms with Crippen molar-refractivity contribution in [3.05, 3.63) is 18.2 Å². The predicted molar refractivity (Wildman–Crippen MR) is 68.8 cm³/mol. The van der Waals surface area contributed by atoms with Gasteiger partial charge < -0.3 is 14.2 Å². The number of hydrogen-bond donors (Lipinski definition) is 1. The van der Waals surface area contributed by atoms with Gasteiger partial charge in [-0.15, -0.1) is 0 Å². The van der Waals surface area contributed by atoms with E-state index >= 15 is 0 Å². The molecule has 0 unspecified atom stereocenters. The lowest BCUT2D eigenvalue weighted by molar-refractivity contribution is 0.217. The predicted octanol–water partition coefficient (Wildman–Crippen LogP) is 1.09. The molecule has 0 bridgehead atoms. The number of methoxy groups -OCH3 is 3. The summed E-state index contributed by atoms with van der Waals surface area (Å²) in [7, 11) is 0.988. The third-order valence-corrected chi connectivity index (χ3v) is 3.47. The highest BCUT2D eigenvalue weighted by Gasteiger charge is 2.13. The Kier molecular flexibility index (Phi) is 5.24. The van der Waals surface area contributed by atoms with Crippen LogP contribution < -0.4 is 14.2 Å². The second-order valence-electron chi connectivity index (χ2n) is 3.48. The van der Waals surface area contributed by atoms with Gasteiger partial charge in [-0.05, 0) is 12.1 Å². The third-order valence-electron chi connectivity index (χ3n) is 2.23. The van der Waals surface area contributed by atoms with E-state index in [1.807, 2.05) is 0 Å². The summed E-state index contributed by atoms with van der Waals surface area (Å²) < 4.78 is 40.7. The summed E-state index contributed by atoms with van der Waals surface area (Å²) in [6.45, 7) is 0.133. The number of rotatable bonds is 7. The molecule has 0 saturated carbocycles. The molecule has 0 heterocycles. The first-order valence-electron chi connectivity index (χ1n) is 5.24. The van der Waals surface area contributed by atoms with Crippen molar-refractivity contribution in [1.29, 1.82) is 0 Å². The molecule has 0 radical (unpaired) electrons.